The third-order valence-corrected chi connectivity index (χ3v) is 7.84. The molecule has 0 radical (unpaired) electrons. The van der Waals surface area contributed by atoms with Gasteiger partial charge in [-0.05, 0) is 82.3 Å². The molecule has 0 unspecified atom stereocenters. The van der Waals surface area contributed by atoms with E-state index in [-0.39, 0.29) is 5.91 Å². The molecule has 1 aliphatic rings. The smallest absolute Gasteiger partial charge is 0.267 e. The number of para-hydroxylation sites is 1. The van der Waals surface area contributed by atoms with Gasteiger partial charge in [-0.25, -0.2) is 4.99 Å². The van der Waals surface area contributed by atoms with Gasteiger partial charge in [0.15, 0.2) is 10.3 Å². The highest BCUT2D eigenvalue weighted by Gasteiger charge is 2.34. The monoisotopic (exact) mass is 570 g/mol. The number of carbonyl (C=O) groups excluding carboxylic acids is 1. The van der Waals surface area contributed by atoms with Crippen LogP contribution in [0, 0.1) is 0 Å². The minimum absolute atomic E-state index is 0.157. The van der Waals surface area contributed by atoms with Crippen molar-refractivity contribution in [3.8, 4) is 0 Å². The summed E-state index contributed by atoms with van der Waals surface area (Å²) in [5.41, 5.74) is 0.769. The zero-order valence-electron chi connectivity index (χ0n) is 17.5. The minimum Gasteiger partial charge on any atom is -0.467 e. The topological polar surface area (TPSA) is 59.0 Å². The molecule has 2 aromatic carbocycles. The third-order valence-electron chi connectivity index (χ3n) is 4.74. The van der Waals surface area contributed by atoms with Crippen LogP contribution in [0.2, 0.25) is 5.02 Å². The molecule has 0 atom stereocenters. The Morgan fingerprint density at radius 2 is 1.88 bits per heavy atom. The average molecular weight is 572 g/mol. The van der Waals surface area contributed by atoms with Gasteiger partial charge in [-0.3, -0.25) is 9.69 Å². The van der Waals surface area contributed by atoms with E-state index in [1.165, 1.54) is 23.5 Å². The molecular formula is C25H16BrClN2O3S2. The molecule has 1 saturated heterocycles. The number of amidine groups is 1. The third kappa shape index (κ3) is 5.36. The molecule has 0 spiro atoms. The Morgan fingerprint density at radius 3 is 2.62 bits per heavy atom. The number of halogens is 2. The van der Waals surface area contributed by atoms with Gasteiger partial charge in [0.1, 0.15) is 11.5 Å². The molecule has 4 aromatic rings. The van der Waals surface area contributed by atoms with Crippen LogP contribution in [0.5, 0.6) is 0 Å². The van der Waals surface area contributed by atoms with Gasteiger partial charge in [0.05, 0.1) is 27.9 Å². The summed E-state index contributed by atoms with van der Waals surface area (Å²) in [5, 5.41) is 1.95. The Balaban J connectivity index is 1.42. The van der Waals surface area contributed by atoms with Crippen LogP contribution >= 0.6 is 51.1 Å². The van der Waals surface area contributed by atoms with E-state index in [0.717, 1.165) is 15.1 Å². The second-order valence-electron chi connectivity index (χ2n) is 7.15. The van der Waals surface area contributed by atoms with Crippen molar-refractivity contribution >= 4 is 73.9 Å². The van der Waals surface area contributed by atoms with E-state index in [9.17, 15) is 4.79 Å². The molecule has 34 heavy (non-hydrogen) atoms. The van der Waals surface area contributed by atoms with Crippen LogP contribution < -0.4 is 0 Å². The van der Waals surface area contributed by atoms with Gasteiger partial charge in [0, 0.05) is 16.0 Å². The van der Waals surface area contributed by atoms with Crippen LogP contribution in [-0.2, 0) is 11.3 Å². The lowest BCUT2D eigenvalue weighted by molar-refractivity contribution is -0.122. The van der Waals surface area contributed by atoms with E-state index in [0.29, 0.717) is 38.3 Å². The van der Waals surface area contributed by atoms with Crippen molar-refractivity contribution in [3.63, 3.8) is 0 Å². The number of nitrogens with zero attached hydrogens (tertiary/aromatic N) is 2. The van der Waals surface area contributed by atoms with E-state index < -0.39 is 0 Å². The van der Waals surface area contributed by atoms with E-state index in [2.05, 4.69) is 15.9 Å². The van der Waals surface area contributed by atoms with Crippen LogP contribution in [0.4, 0.5) is 5.69 Å². The predicted octanol–water partition coefficient (Wildman–Crippen LogP) is 8.24. The molecule has 5 rings (SSSR count). The van der Waals surface area contributed by atoms with Gasteiger partial charge in [0.2, 0.25) is 0 Å². The fourth-order valence-electron chi connectivity index (χ4n) is 3.15. The largest absolute Gasteiger partial charge is 0.467 e. The minimum atomic E-state index is -0.157. The highest BCUT2D eigenvalue weighted by Crippen LogP contribution is 2.39. The lowest BCUT2D eigenvalue weighted by Gasteiger charge is -2.13. The summed E-state index contributed by atoms with van der Waals surface area (Å²) >= 11 is 12.3. The highest BCUT2D eigenvalue weighted by molar-refractivity contribution is 9.10. The maximum atomic E-state index is 13.3. The molecule has 1 fully saturated rings. The normalized spacial score (nSPS) is 16.2. The zero-order chi connectivity index (χ0) is 23.5. The maximum absolute atomic E-state index is 13.3. The van der Waals surface area contributed by atoms with Crippen molar-refractivity contribution in [2.24, 2.45) is 4.99 Å². The maximum Gasteiger partial charge on any atom is 0.267 e. The molecule has 5 nitrogen and oxygen atoms in total. The van der Waals surface area contributed by atoms with E-state index in [1.807, 2.05) is 66.7 Å². The van der Waals surface area contributed by atoms with Gasteiger partial charge in [-0.2, -0.15) is 0 Å². The first kappa shape index (κ1) is 23.1. The molecule has 0 N–H and O–H groups in total. The Labute approximate surface area is 218 Å². The molecule has 9 heteroatoms. The summed E-state index contributed by atoms with van der Waals surface area (Å²) in [6.45, 7) is 0.293. The molecular weight excluding hydrogens is 556 g/mol. The summed E-state index contributed by atoms with van der Waals surface area (Å²) in [6, 6.07) is 22.5. The molecule has 3 heterocycles. The first-order valence-corrected chi connectivity index (χ1v) is 13.0. The molecule has 0 saturated carbocycles. The first-order valence-electron chi connectivity index (χ1n) is 10.2. The second-order valence-corrected chi connectivity index (χ2v) is 10.5. The quantitative estimate of drug-likeness (QED) is 0.218. The highest BCUT2D eigenvalue weighted by atomic mass is 79.9. The van der Waals surface area contributed by atoms with Gasteiger partial charge in [-0.15, -0.1) is 0 Å². The van der Waals surface area contributed by atoms with E-state index in [1.54, 1.807) is 23.3 Å². The Morgan fingerprint density at radius 1 is 1.09 bits per heavy atom. The number of rotatable bonds is 6. The summed E-state index contributed by atoms with van der Waals surface area (Å²) < 4.78 is 12.3. The number of furan rings is 2. The van der Waals surface area contributed by atoms with Crippen LogP contribution in [-0.4, -0.2) is 16.0 Å². The summed E-state index contributed by atoms with van der Waals surface area (Å²) in [6.07, 6.45) is 3.33. The van der Waals surface area contributed by atoms with E-state index >= 15 is 0 Å². The lowest BCUT2D eigenvalue weighted by atomic mass is 10.3. The summed E-state index contributed by atoms with van der Waals surface area (Å²) in [7, 11) is 0. The van der Waals surface area contributed by atoms with Crippen LogP contribution in [0.15, 0.2) is 112 Å². The number of carbonyl (C=O) groups is 1. The van der Waals surface area contributed by atoms with Gasteiger partial charge >= 0.3 is 0 Å². The van der Waals surface area contributed by atoms with Crippen LogP contribution in [0.25, 0.3) is 6.08 Å². The predicted molar refractivity (Wildman–Crippen MR) is 140 cm³/mol. The van der Waals surface area contributed by atoms with Crippen molar-refractivity contribution in [3.05, 3.63) is 105 Å². The fourth-order valence-corrected chi connectivity index (χ4v) is 5.58. The molecule has 2 aromatic heterocycles. The van der Waals surface area contributed by atoms with Crippen molar-refractivity contribution in [2.45, 2.75) is 16.5 Å². The van der Waals surface area contributed by atoms with Gasteiger partial charge in [0.25, 0.3) is 5.91 Å². The first-order chi connectivity index (χ1) is 16.5. The number of thioether (sulfide) groups is 1. The van der Waals surface area contributed by atoms with Gasteiger partial charge < -0.3 is 8.83 Å². The molecule has 0 aliphatic carbocycles. The number of amides is 1. The molecule has 0 bridgehead atoms. The lowest BCUT2D eigenvalue weighted by Crippen LogP contribution is -2.28. The standard InChI is InChI=1S/C25H16BrClN2O3S2/c26-21-13-19(32-24(21)33-20-10-8-16(27)9-11-20)14-22-23(30)29(15-18-7-4-12-31-18)25(34-22)28-17-5-2-1-3-6-17/h1-14H,15H2/b22-14+,28-25?. The van der Waals surface area contributed by atoms with Gasteiger partial charge in [-0.1, -0.05) is 41.6 Å². The molecule has 170 valence electrons. The number of hydrogen-bond acceptors (Lipinski definition) is 6. The SMILES string of the molecule is O=C1/C(=C\c2cc(Br)c(Sc3ccc(Cl)cc3)o2)SC(=Nc2ccccc2)N1Cc1ccco1. The number of aliphatic imine (C=N–C) groups is 1. The second kappa shape index (κ2) is 10.3. The van der Waals surface area contributed by atoms with Crippen molar-refractivity contribution in [2.75, 3.05) is 0 Å². The fraction of sp³-hybridized carbons (Fsp3) is 0.0400. The van der Waals surface area contributed by atoms with Crippen LogP contribution in [0.1, 0.15) is 11.5 Å². The summed E-state index contributed by atoms with van der Waals surface area (Å²) in [5.74, 6) is 1.09. The average Bonchev–Trinajstić information content (AvgIpc) is 3.54. The van der Waals surface area contributed by atoms with Crippen LogP contribution in [0.3, 0.4) is 0 Å². The molecule has 1 amide bonds. The van der Waals surface area contributed by atoms with Crippen molar-refractivity contribution in [1.29, 1.82) is 0 Å². The number of hydrogen-bond donors (Lipinski definition) is 0. The van der Waals surface area contributed by atoms with E-state index in [4.69, 9.17) is 25.4 Å². The van der Waals surface area contributed by atoms with Crippen molar-refractivity contribution in [1.82, 2.24) is 4.90 Å². The number of benzene rings is 2. The van der Waals surface area contributed by atoms with Crippen molar-refractivity contribution < 1.29 is 13.6 Å². The Bertz CT molecular complexity index is 1370. The summed E-state index contributed by atoms with van der Waals surface area (Å²) in [4.78, 5) is 21.1. The Hall–Kier alpha value is -2.65. The zero-order valence-corrected chi connectivity index (χ0v) is 21.5. The molecule has 1 aliphatic heterocycles. The Kier molecular flexibility index (Phi) is 7.01.